The van der Waals surface area contributed by atoms with Crippen LogP contribution in [-0.2, 0) is 4.74 Å². The van der Waals surface area contributed by atoms with Crippen molar-refractivity contribution in [1.82, 2.24) is 10.2 Å². The van der Waals surface area contributed by atoms with E-state index in [0.717, 1.165) is 19.3 Å². The molecular formula is C14H27F3N4O. The molecule has 1 saturated heterocycles. The van der Waals surface area contributed by atoms with E-state index in [2.05, 4.69) is 10.3 Å². The molecule has 1 unspecified atom stereocenters. The van der Waals surface area contributed by atoms with Gasteiger partial charge in [-0.05, 0) is 45.2 Å². The van der Waals surface area contributed by atoms with Gasteiger partial charge >= 0.3 is 6.18 Å². The molecule has 0 radical (unpaired) electrons. The Labute approximate surface area is 130 Å². The molecular weight excluding hydrogens is 297 g/mol. The zero-order chi connectivity index (χ0) is 16.6. The second kappa shape index (κ2) is 9.19. The van der Waals surface area contributed by atoms with Crippen molar-refractivity contribution in [3.8, 4) is 0 Å². The zero-order valence-corrected chi connectivity index (χ0v) is 13.3. The second-order valence-corrected chi connectivity index (χ2v) is 5.89. The SMILES string of the molecule is COCC(C)NC(N)=NCCC1CCN(CC(F)(F)F)CC1. The van der Waals surface area contributed by atoms with Crippen molar-refractivity contribution in [3.63, 3.8) is 0 Å². The van der Waals surface area contributed by atoms with Crippen LogP contribution in [0.2, 0.25) is 0 Å². The van der Waals surface area contributed by atoms with Crippen LogP contribution in [0.3, 0.4) is 0 Å². The molecule has 0 amide bonds. The van der Waals surface area contributed by atoms with Gasteiger partial charge in [-0.3, -0.25) is 9.89 Å². The van der Waals surface area contributed by atoms with Gasteiger partial charge in [-0.15, -0.1) is 0 Å². The highest BCUT2D eigenvalue weighted by atomic mass is 19.4. The van der Waals surface area contributed by atoms with Gasteiger partial charge in [0.15, 0.2) is 5.96 Å². The van der Waals surface area contributed by atoms with Gasteiger partial charge in [0.05, 0.1) is 13.2 Å². The minimum absolute atomic E-state index is 0.0966. The van der Waals surface area contributed by atoms with Gasteiger partial charge in [-0.2, -0.15) is 13.2 Å². The average Bonchev–Trinajstić information content (AvgIpc) is 2.39. The number of hydrogen-bond donors (Lipinski definition) is 2. The highest BCUT2D eigenvalue weighted by Gasteiger charge is 2.32. The number of guanidine groups is 1. The van der Waals surface area contributed by atoms with Crippen LogP contribution >= 0.6 is 0 Å². The summed E-state index contributed by atoms with van der Waals surface area (Å²) in [5.41, 5.74) is 5.76. The first-order chi connectivity index (χ1) is 10.3. The fourth-order valence-electron chi connectivity index (χ4n) is 2.64. The summed E-state index contributed by atoms with van der Waals surface area (Å²) < 4.78 is 41.9. The number of alkyl halides is 3. The van der Waals surface area contributed by atoms with Crippen LogP contribution in [0.5, 0.6) is 0 Å². The molecule has 1 aliphatic rings. The maximum Gasteiger partial charge on any atom is 0.401 e. The van der Waals surface area contributed by atoms with Crippen molar-refractivity contribution >= 4 is 5.96 Å². The summed E-state index contributed by atoms with van der Waals surface area (Å²) >= 11 is 0. The van der Waals surface area contributed by atoms with E-state index >= 15 is 0 Å². The van der Waals surface area contributed by atoms with Crippen LogP contribution in [0.25, 0.3) is 0 Å². The van der Waals surface area contributed by atoms with Crippen molar-refractivity contribution < 1.29 is 17.9 Å². The summed E-state index contributed by atoms with van der Waals surface area (Å²) in [6, 6.07) is 0.0966. The van der Waals surface area contributed by atoms with Crippen LogP contribution in [0, 0.1) is 5.92 Å². The summed E-state index contributed by atoms with van der Waals surface area (Å²) in [5.74, 6) is 0.816. The van der Waals surface area contributed by atoms with E-state index in [1.54, 1.807) is 7.11 Å². The van der Waals surface area contributed by atoms with Crippen molar-refractivity contribution in [1.29, 1.82) is 0 Å². The molecule has 0 spiro atoms. The molecule has 0 aromatic heterocycles. The normalized spacial score (nSPS) is 20.1. The molecule has 0 bridgehead atoms. The molecule has 1 fully saturated rings. The maximum absolute atomic E-state index is 12.3. The van der Waals surface area contributed by atoms with Gasteiger partial charge in [-0.25, -0.2) is 0 Å². The Morgan fingerprint density at radius 3 is 2.59 bits per heavy atom. The Balaban J connectivity index is 2.19. The first-order valence-electron chi connectivity index (χ1n) is 7.64. The third-order valence-electron chi connectivity index (χ3n) is 3.74. The smallest absolute Gasteiger partial charge is 0.383 e. The molecule has 0 aliphatic carbocycles. The Morgan fingerprint density at radius 1 is 1.41 bits per heavy atom. The number of ether oxygens (including phenoxy) is 1. The molecule has 1 heterocycles. The topological polar surface area (TPSA) is 62.9 Å². The van der Waals surface area contributed by atoms with Gasteiger partial charge in [0, 0.05) is 19.7 Å². The molecule has 5 nitrogen and oxygen atoms in total. The number of likely N-dealkylation sites (tertiary alicyclic amines) is 1. The number of hydrogen-bond acceptors (Lipinski definition) is 3. The lowest BCUT2D eigenvalue weighted by molar-refractivity contribution is -0.148. The van der Waals surface area contributed by atoms with E-state index in [1.807, 2.05) is 6.92 Å². The summed E-state index contributed by atoms with van der Waals surface area (Å²) in [6.45, 7) is 3.31. The van der Waals surface area contributed by atoms with Gasteiger partial charge in [0.25, 0.3) is 0 Å². The minimum Gasteiger partial charge on any atom is -0.383 e. The highest BCUT2D eigenvalue weighted by Crippen LogP contribution is 2.24. The van der Waals surface area contributed by atoms with Gasteiger partial charge in [-0.1, -0.05) is 0 Å². The molecule has 22 heavy (non-hydrogen) atoms. The van der Waals surface area contributed by atoms with Crippen molar-refractivity contribution in [2.75, 3.05) is 39.9 Å². The highest BCUT2D eigenvalue weighted by molar-refractivity contribution is 5.78. The van der Waals surface area contributed by atoms with Gasteiger partial charge < -0.3 is 15.8 Å². The first kappa shape index (κ1) is 19.0. The van der Waals surface area contributed by atoms with E-state index in [4.69, 9.17) is 10.5 Å². The number of methoxy groups -OCH3 is 1. The quantitative estimate of drug-likeness (QED) is 0.551. The van der Waals surface area contributed by atoms with Gasteiger partial charge in [0.2, 0.25) is 0 Å². The van der Waals surface area contributed by atoms with Crippen molar-refractivity contribution in [2.24, 2.45) is 16.6 Å². The van der Waals surface area contributed by atoms with E-state index in [-0.39, 0.29) is 6.04 Å². The summed E-state index contributed by atoms with van der Waals surface area (Å²) in [4.78, 5) is 5.73. The fraction of sp³-hybridized carbons (Fsp3) is 0.929. The standard InChI is InChI=1S/C14H27F3N4O/c1-11(9-22-2)20-13(18)19-6-3-12-4-7-21(8-5-12)10-14(15,16)17/h11-12H,3-10H2,1-2H3,(H3,18,19,20). The number of nitrogens with zero attached hydrogens (tertiary/aromatic N) is 2. The summed E-state index contributed by atoms with van der Waals surface area (Å²) in [6.07, 6.45) is -1.66. The predicted molar refractivity (Wildman–Crippen MR) is 80.8 cm³/mol. The molecule has 0 saturated carbocycles. The van der Waals surface area contributed by atoms with Crippen LogP contribution in [0.4, 0.5) is 13.2 Å². The van der Waals surface area contributed by atoms with E-state index < -0.39 is 12.7 Å². The molecule has 1 aliphatic heterocycles. The van der Waals surface area contributed by atoms with Crippen LogP contribution in [-0.4, -0.2) is 63.0 Å². The zero-order valence-electron chi connectivity index (χ0n) is 13.3. The number of halogens is 3. The van der Waals surface area contributed by atoms with Crippen LogP contribution < -0.4 is 11.1 Å². The fourth-order valence-corrected chi connectivity index (χ4v) is 2.64. The Kier molecular flexibility index (Phi) is 7.95. The lowest BCUT2D eigenvalue weighted by atomic mass is 9.93. The molecule has 1 rings (SSSR count). The number of piperidine rings is 1. The first-order valence-corrected chi connectivity index (χ1v) is 7.64. The lowest BCUT2D eigenvalue weighted by Gasteiger charge is -2.32. The maximum atomic E-state index is 12.3. The minimum atomic E-state index is -4.10. The number of nitrogens with two attached hydrogens (primary N) is 1. The summed E-state index contributed by atoms with van der Waals surface area (Å²) in [7, 11) is 1.62. The van der Waals surface area contributed by atoms with Crippen LogP contribution in [0.15, 0.2) is 4.99 Å². The Hall–Kier alpha value is -1.02. The second-order valence-electron chi connectivity index (χ2n) is 5.89. The van der Waals surface area contributed by atoms with Gasteiger partial charge in [0.1, 0.15) is 0 Å². The molecule has 3 N–H and O–H groups in total. The molecule has 1 atom stereocenters. The number of nitrogens with one attached hydrogen (secondary N) is 1. The van der Waals surface area contributed by atoms with Crippen LogP contribution in [0.1, 0.15) is 26.2 Å². The monoisotopic (exact) mass is 324 g/mol. The molecule has 130 valence electrons. The predicted octanol–water partition coefficient (Wildman–Crippen LogP) is 1.59. The number of aliphatic imine (C=N–C) groups is 1. The Morgan fingerprint density at radius 2 is 2.05 bits per heavy atom. The lowest BCUT2D eigenvalue weighted by Crippen LogP contribution is -2.41. The summed E-state index contributed by atoms with van der Waals surface area (Å²) in [5, 5.41) is 3.02. The largest absolute Gasteiger partial charge is 0.401 e. The van der Waals surface area contributed by atoms with E-state index in [9.17, 15) is 13.2 Å². The number of rotatable bonds is 7. The van der Waals surface area contributed by atoms with Crippen molar-refractivity contribution in [2.45, 2.75) is 38.4 Å². The molecule has 0 aromatic rings. The third-order valence-corrected chi connectivity index (χ3v) is 3.74. The molecule has 8 heteroatoms. The average molecular weight is 324 g/mol. The third kappa shape index (κ3) is 8.43. The van der Waals surface area contributed by atoms with E-state index in [1.165, 1.54) is 4.90 Å². The van der Waals surface area contributed by atoms with E-state index in [0.29, 0.717) is 38.1 Å². The van der Waals surface area contributed by atoms with Crippen molar-refractivity contribution in [3.05, 3.63) is 0 Å². The molecule has 0 aromatic carbocycles. The Bertz CT molecular complexity index is 341.